The van der Waals surface area contributed by atoms with E-state index in [4.69, 9.17) is 4.74 Å². The van der Waals surface area contributed by atoms with Gasteiger partial charge in [0.2, 0.25) is 0 Å². The van der Waals surface area contributed by atoms with Crippen LogP contribution < -0.4 is 0 Å². The van der Waals surface area contributed by atoms with E-state index < -0.39 is 0 Å². The number of rotatable bonds is 2. The molecule has 0 unspecified atom stereocenters. The number of allylic oxidation sites excluding steroid dienone is 6. The number of benzene rings is 1. The molecule has 0 N–H and O–H groups in total. The molecule has 2 bridgehead atoms. The summed E-state index contributed by atoms with van der Waals surface area (Å²) in [4.78, 5) is 0. The van der Waals surface area contributed by atoms with Crippen LogP contribution in [0.4, 0.5) is 0 Å². The Morgan fingerprint density at radius 3 is 2.19 bits per heavy atom. The number of ether oxygens (including phenoxy) is 1. The lowest BCUT2D eigenvalue weighted by Crippen LogP contribution is -2.26. The summed E-state index contributed by atoms with van der Waals surface area (Å²) >= 11 is 0. The van der Waals surface area contributed by atoms with Gasteiger partial charge in [-0.15, -0.1) is 0 Å². The monoisotopic (exact) mass is 356 g/mol. The molecule has 5 aliphatic rings. The molecular weight excluding hydrogens is 328 g/mol. The van der Waals surface area contributed by atoms with Crippen LogP contribution in [-0.2, 0) is 4.74 Å². The van der Waals surface area contributed by atoms with E-state index in [0.717, 1.165) is 0 Å². The van der Waals surface area contributed by atoms with Gasteiger partial charge in [0.1, 0.15) is 0 Å². The summed E-state index contributed by atoms with van der Waals surface area (Å²) in [5.41, 5.74) is 9.20. The molecule has 0 amide bonds. The summed E-state index contributed by atoms with van der Waals surface area (Å²) in [6.07, 6.45) is 21.1. The zero-order valence-corrected chi connectivity index (χ0v) is 16.0. The molecular formula is C26H28O. The lowest BCUT2D eigenvalue weighted by atomic mass is 9.66. The van der Waals surface area contributed by atoms with Crippen LogP contribution in [0.1, 0.15) is 74.7 Å². The third-order valence-electron chi connectivity index (χ3n) is 7.36. The fourth-order valence-corrected chi connectivity index (χ4v) is 6.09. The standard InChI is InChI=1S/C26H28O/c1-3-9-17(10-4-1)19-15-22(18-11-5-2-6-12-18)24-23(16-19)25-20-13-7-8-14-21(20)26(24)27-25/h7-9,11,13-16,23-26H,1-6,10,12H2/t23-,24+,25+,26-/m0/s1. The molecule has 1 nitrogen and oxygen atoms in total. The molecule has 1 aromatic carbocycles. The van der Waals surface area contributed by atoms with E-state index in [1.54, 1.807) is 16.7 Å². The molecule has 27 heavy (non-hydrogen) atoms. The topological polar surface area (TPSA) is 9.23 Å². The van der Waals surface area contributed by atoms with Gasteiger partial charge >= 0.3 is 0 Å². The lowest BCUT2D eigenvalue weighted by molar-refractivity contribution is 0.0596. The second-order valence-corrected chi connectivity index (χ2v) is 8.88. The molecule has 1 heteroatoms. The Bertz CT molecular complexity index is 897. The SMILES string of the molecule is C1=C(C2=CCCCC2)C=C(C2=CCCCC2)[C@@H]2[C@H]1[C@@H]1O[C@H]2c2ccccc21. The van der Waals surface area contributed by atoms with E-state index in [1.165, 1.54) is 68.1 Å². The van der Waals surface area contributed by atoms with Crippen molar-refractivity contribution in [2.75, 3.05) is 0 Å². The molecule has 1 fully saturated rings. The highest BCUT2D eigenvalue weighted by Gasteiger charge is 2.53. The minimum atomic E-state index is 0.253. The van der Waals surface area contributed by atoms with Gasteiger partial charge in [0, 0.05) is 11.8 Å². The van der Waals surface area contributed by atoms with Crippen molar-refractivity contribution in [3.05, 3.63) is 82.0 Å². The van der Waals surface area contributed by atoms with Crippen LogP contribution in [0.3, 0.4) is 0 Å². The van der Waals surface area contributed by atoms with Crippen molar-refractivity contribution in [1.29, 1.82) is 0 Å². The largest absolute Gasteiger partial charge is 0.364 e. The number of hydrogen-bond donors (Lipinski definition) is 0. The maximum Gasteiger partial charge on any atom is 0.0912 e. The van der Waals surface area contributed by atoms with Crippen LogP contribution >= 0.6 is 0 Å². The predicted molar refractivity (Wildman–Crippen MR) is 109 cm³/mol. The van der Waals surface area contributed by atoms with Gasteiger partial charge in [-0.2, -0.15) is 0 Å². The Kier molecular flexibility index (Phi) is 3.79. The van der Waals surface area contributed by atoms with E-state index in [9.17, 15) is 0 Å². The third kappa shape index (κ3) is 2.48. The quantitative estimate of drug-likeness (QED) is 0.559. The molecule has 0 aromatic heterocycles. The first-order valence-corrected chi connectivity index (χ1v) is 11.0. The van der Waals surface area contributed by atoms with Gasteiger partial charge in [-0.05, 0) is 84.8 Å². The van der Waals surface area contributed by atoms with Crippen molar-refractivity contribution in [3.63, 3.8) is 0 Å². The van der Waals surface area contributed by atoms with E-state index in [2.05, 4.69) is 48.6 Å². The average Bonchev–Trinajstić information content (AvgIpc) is 3.32. The summed E-state index contributed by atoms with van der Waals surface area (Å²) in [7, 11) is 0. The third-order valence-corrected chi connectivity index (χ3v) is 7.36. The lowest BCUT2D eigenvalue weighted by Gasteiger charge is -2.35. The Morgan fingerprint density at radius 1 is 0.778 bits per heavy atom. The fourth-order valence-electron chi connectivity index (χ4n) is 6.09. The Balaban J connectivity index is 1.47. The normalized spacial score (nSPS) is 34.2. The zero-order chi connectivity index (χ0) is 17.8. The Labute approximate surface area is 162 Å². The molecule has 138 valence electrons. The summed E-state index contributed by atoms with van der Waals surface area (Å²) < 4.78 is 6.61. The van der Waals surface area contributed by atoms with Gasteiger partial charge in [0.25, 0.3) is 0 Å². The molecule has 0 radical (unpaired) electrons. The van der Waals surface area contributed by atoms with Gasteiger partial charge < -0.3 is 4.74 Å². The molecule has 4 atom stereocenters. The van der Waals surface area contributed by atoms with Crippen molar-refractivity contribution in [3.8, 4) is 0 Å². The summed E-state index contributed by atoms with van der Waals surface area (Å²) in [5.74, 6) is 1.02. The van der Waals surface area contributed by atoms with Crippen molar-refractivity contribution < 1.29 is 4.74 Å². The molecule has 3 aliphatic carbocycles. The maximum atomic E-state index is 6.61. The zero-order valence-electron chi connectivity index (χ0n) is 16.0. The highest BCUT2D eigenvalue weighted by atomic mass is 16.5. The second kappa shape index (κ2) is 6.34. The smallest absolute Gasteiger partial charge is 0.0912 e. The van der Waals surface area contributed by atoms with Crippen molar-refractivity contribution in [2.24, 2.45) is 11.8 Å². The van der Waals surface area contributed by atoms with E-state index in [0.29, 0.717) is 11.8 Å². The van der Waals surface area contributed by atoms with E-state index >= 15 is 0 Å². The Morgan fingerprint density at radius 2 is 1.48 bits per heavy atom. The first-order chi connectivity index (χ1) is 13.4. The van der Waals surface area contributed by atoms with Gasteiger partial charge in [0.05, 0.1) is 12.2 Å². The molecule has 1 saturated heterocycles. The van der Waals surface area contributed by atoms with Gasteiger partial charge in [-0.1, -0.05) is 48.6 Å². The highest BCUT2D eigenvalue weighted by Crippen LogP contribution is 2.62. The van der Waals surface area contributed by atoms with Crippen molar-refractivity contribution >= 4 is 0 Å². The van der Waals surface area contributed by atoms with Crippen molar-refractivity contribution in [2.45, 2.75) is 63.6 Å². The first-order valence-electron chi connectivity index (χ1n) is 11.0. The van der Waals surface area contributed by atoms with E-state index in [1.807, 2.05) is 0 Å². The first kappa shape index (κ1) is 16.1. The predicted octanol–water partition coefficient (Wildman–Crippen LogP) is 6.91. The summed E-state index contributed by atoms with van der Waals surface area (Å²) in [6.45, 7) is 0. The van der Waals surface area contributed by atoms with Crippen LogP contribution in [0, 0.1) is 11.8 Å². The Hall–Kier alpha value is -1.86. The molecule has 0 spiro atoms. The molecule has 1 aromatic rings. The van der Waals surface area contributed by atoms with Crippen molar-refractivity contribution in [1.82, 2.24) is 0 Å². The fraction of sp³-hybridized carbons (Fsp3) is 0.462. The summed E-state index contributed by atoms with van der Waals surface area (Å²) in [5, 5.41) is 0. The maximum absolute atomic E-state index is 6.61. The van der Waals surface area contributed by atoms with Gasteiger partial charge in [-0.3, -0.25) is 0 Å². The van der Waals surface area contributed by atoms with Gasteiger partial charge in [-0.25, -0.2) is 0 Å². The number of fused-ring (bicyclic) bond motifs is 8. The van der Waals surface area contributed by atoms with Crippen LogP contribution in [0.25, 0.3) is 0 Å². The van der Waals surface area contributed by atoms with Gasteiger partial charge in [0.15, 0.2) is 0 Å². The average molecular weight is 357 g/mol. The summed E-state index contributed by atoms with van der Waals surface area (Å²) in [6, 6.07) is 8.95. The minimum absolute atomic E-state index is 0.253. The second-order valence-electron chi connectivity index (χ2n) is 8.88. The van der Waals surface area contributed by atoms with Crippen LogP contribution in [0.15, 0.2) is 70.9 Å². The number of hydrogen-bond acceptors (Lipinski definition) is 1. The molecule has 6 rings (SSSR count). The molecule has 2 aliphatic heterocycles. The van der Waals surface area contributed by atoms with Crippen LogP contribution in [-0.4, -0.2) is 0 Å². The minimum Gasteiger partial charge on any atom is -0.364 e. The van der Waals surface area contributed by atoms with Crippen LogP contribution in [0.2, 0.25) is 0 Å². The van der Waals surface area contributed by atoms with E-state index in [-0.39, 0.29) is 12.2 Å². The molecule has 2 heterocycles. The molecule has 0 saturated carbocycles. The highest BCUT2D eigenvalue weighted by molar-refractivity contribution is 5.55. The van der Waals surface area contributed by atoms with Crippen LogP contribution in [0.5, 0.6) is 0 Å².